The number of carbonyl (C=O) groups is 2. The molecule has 0 radical (unpaired) electrons. The third-order valence-electron chi connectivity index (χ3n) is 3.43. The van der Waals surface area contributed by atoms with Crippen LogP contribution < -0.4 is 4.74 Å². The molecule has 1 atom stereocenters. The van der Waals surface area contributed by atoms with Crippen LogP contribution in [0.4, 0.5) is 0 Å². The van der Waals surface area contributed by atoms with Crippen LogP contribution >= 0.6 is 0 Å². The minimum Gasteiger partial charge on any atom is -0.459 e. The molecular weight excluding hydrogens is 300 g/mol. The summed E-state index contributed by atoms with van der Waals surface area (Å²) in [7, 11) is 0. The molecule has 2 aromatic rings. The van der Waals surface area contributed by atoms with Crippen molar-refractivity contribution < 1.29 is 28.2 Å². The first-order valence-corrected chi connectivity index (χ1v) is 7.37. The third-order valence-corrected chi connectivity index (χ3v) is 3.43. The smallest absolute Gasteiger partial charge is 0.379 e. The highest BCUT2D eigenvalue weighted by Gasteiger charge is 2.19. The van der Waals surface area contributed by atoms with Gasteiger partial charge in [0.2, 0.25) is 5.76 Å². The second kappa shape index (κ2) is 7.11. The maximum Gasteiger partial charge on any atom is 0.379 e. The summed E-state index contributed by atoms with van der Waals surface area (Å²) in [5.41, 5.74) is 0.313. The molecule has 6 nitrogen and oxygen atoms in total. The van der Waals surface area contributed by atoms with Crippen LogP contribution in [-0.2, 0) is 9.47 Å². The Morgan fingerprint density at radius 3 is 2.83 bits per heavy atom. The lowest BCUT2D eigenvalue weighted by Crippen LogP contribution is -2.18. The van der Waals surface area contributed by atoms with E-state index in [1.54, 1.807) is 24.3 Å². The van der Waals surface area contributed by atoms with Gasteiger partial charge in [0.25, 0.3) is 0 Å². The quantitative estimate of drug-likeness (QED) is 0.624. The number of furan rings is 1. The summed E-state index contributed by atoms with van der Waals surface area (Å²) < 4.78 is 20.7. The normalized spacial score (nSPS) is 17.0. The second-order valence-corrected chi connectivity index (χ2v) is 5.13. The summed E-state index contributed by atoms with van der Waals surface area (Å²) >= 11 is 0. The van der Waals surface area contributed by atoms with E-state index >= 15 is 0 Å². The zero-order valence-corrected chi connectivity index (χ0v) is 12.4. The van der Waals surface area contributed by atoms with Gasteiger partial charge in [-0.2, -0.15) is 0 Å². The van der Waals surface area contributed by atoms with Gasteiger partial charge in [-0.15, -0.1) is 0 Å². The lowest BCUT2D eigenvalue weighted by molar-refractivity contribution is 0.0161. The molecule has 0 amide bonds. The molecule has 6 heteroatoms. The van der Waals surface area contributed by atoms with Gasteiger partial charge in [-0.1, -0.05) is 6.07 Å². The summed E-state index contributed by atoms with van der Waals surface area (Å²) in [6.07, 6.45) is 3.24. The third kappa shape index (κ3) is 3.98. The summed E-state index contributed by atoms with van der Waals surface area (Å²) in [4.78, 5) is 23.8. The van der Waals surface area contributed by atoms with E-state index in [1.807, 2.05) is 0 Å². The topological polar surface area (TPSA) is 75.0 Å². The van der Waals surface area contributed by atoms with Crippen molar-refractivity contribution in [1.82, 2.24) is 0 Å². The summed E-state index contributed by atoms with van der Waals surface area (Å²) in [6.45, 7) is 0.940. The van der Waals surface area contributed by atoms with Gasteiger partial charge in [-0.25, -0.2) is 9.59 Å². The first kappa shape index (κ1) is 15.3. The number of hydrogen-bond donors (Lipinski definition) is 0. The average molecular weight is 316 g/mol. The molecule has 1 saturated heterocycles. The molecule has 1 aromatic heterocycles. The zero-order chi connectivity index (χ0) is 16.1. The van der Waals surface area contributed by atoms with E-state index in [4.69, 9.17) is 18.6 Å². The van der Waals surface area contributed by atoms with Crippen molar-refractivity contribution in [3.8, 4) is 5.75 Å². The van der Waals surface area contributed by atoms with E-state index in [0.717, 1.165) is 12.8 Å². The minimum atomic E-state index is -0.625. The Hall–Kier alpha value is -2.60. The summed E-state index contributed by atoms with van der Waals surface area (Å²) in [5.74, 6) is -0.759. The molecule has 0 aliphatic carbocycles. The lowest BCUT2D eigenvalue weighted by Gasteiger charge is -2.10. The molecule has 0 N–H and O–H groups in total. The number of benzene rings is 1. The second-order valence-electron chi connectivity index (χ2n) is 5.13. The van der Waals surface area contributed by atoms with E-state index in [0.29, 0.717) is 12.2 Å². The van der Waals surface area contributed by atoms with Gasteiger partial charge < -0.3 is 18.6 Å². The van der Waals surface area contributed by atoms with Gasteiger partial charge in [-0.05, 0) is 43.2 Å². The van der Waals surface area contributed by atoms with Crippen molar-refractivity contribution >= 4 is 11.9 Å². The standard InChI is InChI=1S/C17H16O6/c18-16(22-11-14-6-2-8-20-14)12-4-1-5-13(10-12)23-17(19)15-7-3-9-21-15/h1,3-5,7,9-10,14H,2,6,8,11H2. The highest BCUT2D eigenvalue weighted by atomic mass is 16.6. The molecule has 1 aliphatic rings. The van der Waals surface area contributed by atoms with E-state index in [-0.39, 0.29) is 24.2 Å². The van der Waals surface area contributed by atoms with Crippen molar-refractivity contribution in [3.63, 3.8) is 0 Å². The van der Waals surface area contributed by atoms with Crippen LogP contribution in [0.25, 0.3) is 0 Å². The first-order chi connectivity index (χ1) is 11.2. The summed E-state index contributed by atoms with van der Waals surface area (Å²) in [6, 6.07) is 9.35. The summed E-state index contributed by atoms with van der Waals surface area (Å²) in [5, 5.41) is 0. The van der Waals surface area contributed by atoms with Crippen molar-refractivity contribution in [2.45, 2.75) is 18.9 Å². The van der Waals surface area contributed by atoms with Crippen LogP contribution in [0.5, 0.6) is 5.75 Å². The van der Waals surface area contributed by atoms with Crippen molar-refractivity contribution in [2.75, 3.05) is 13.2 Å². The Morgan fingerprint density at radius 1 is 1.17 bits per heavy atom. The molecule has 120 valence electrons. The highest BCUT2D eigenvalue weighted by molar-refractivity contribution is 5.91. The fourth-order valence-corrected chi connectivity index (χ4v) is 2.27. The fourth-order valence-electron chi connectivity index (χ4n) is 2.27. The van der Waals surface area contributed by atoms with Gasteiger partial charge >= 0.3 is 11.9 Å². The van der Waals surface area contributed by atoms with Gasteiger partial charge in [0, 0.05) is 6.61 Å². The molecule has 1 unspecified atom stereocenters. The van der Waals surface area contributed by atoms with E-state index in [2.05, 4.69) is 0 Å². The predicted octanol–water partition coefficient (Wildman–Crippen LogP) is 2.83. The van der Waals surface area contributed by atoms with E-state index in [9.17, 15) is 9.59 Å². The number of hydrogen-bond acceptors (Lipinski definition) is 6. The Morgan fingerprint density at radius 2 is 2.09 bits per heavy atom. The van der Waals surface area contributed by atoms with E-state index in [1.165, 1.54) is 18.4 Å². The molecule has 3 rings (SSSR count). The molecule has 1 aromatic carbocycles. The Bertz CT molecular complexity index is 670. The molecule has 23 heavy (non-hydrogen) atoms. The molecule has 1 fully saturated rings. The largest absolute Gasteiger partial charge is 0.459 e. The van der Waals surface area contributed by atoms with Gasteiger partial charge in [0.1, 0.15) is 12.4 Å². The molecule has 0 saturated carbocycles. The van der Waals surface area contributed by atoms with E-state index < -0.39 is 11.9 Å². The Labute approximate surface area is 132 Å². The fraction of sp³-hybridized carbons (Fsp3) is 0.294. The minimum absolute atomic E-state index is 0.0288. The van der Waals surface area contributed by atoms with Crippen LogP contribution in [0.2, 0.25) is 0 Å². The number of esters is 2. The van der Waals surface area contributed by atoms with Crippen LogP contribution in [0.1, 0.15) is 33.8 Å². The molecule has 0 spiro atoms. The first-order valence-electron chi connectivity index (χ1n) is 7.37. The van der Waals surface area contributed by atoms with Gasteiger partial charge in [0.15, 0.2) is 0 Å². The zero-order valence-electron chi connectivity index (χ0n) is 12.4. The SMILES string of the molecule is O=C(OCC1CCCO1)c1cccc(OC(=O)c2ccco2)c1. The van der Waals surface area contributed by atoms with Crippen LogP contribution in [0.15, 0.2) is 47.1 Å². The van der Waals surface area contributed by atoms with Gasteiger partial charge in [0.05, 0.1) is 17.9 Å². The number of ether oxygens (including phenoxy) is 3. The molecule has 1 aliphatic heterocycles. The average Bonchev–Trinajstić information content (AvgIpc) is 3.26. The monoisotopic (exact) mass is 316 g/mol. The molecular formula is C17H16O6. The number of carbonyl (C=O) groups excluding carboxylic acids is 2. The lowest BCUT2D eigenvalue weighted by atomic mass is 10.2. The Kier molecular flexibility index (Phi) is 4.73. The van der Waals surface area contributed by atoms with Crippen LogP contribution in [-0.4, -0.2) is 31.3 Å². The van der Waals surface area contributed by atoms with Crippen LogP contribution in [0, 0.1) is 0 Å². The highest BCUT2D eigenvalue weighted by Crippen LogP contribution is 2.17. The van der Waals surface area contributed by atoms with Crippen molar-refractivity contribution in [1.29, 1.82) is 0 Å². The predicted molar refractivity (Wildman–Crippen MR) is 79.4 cm³/mol. The van der Waals surface area contributed by atoms with Crippen molar-refractivity contribution in [2.24, 2.45) is 0 Å². The number of rotatable bonds is 5. The van der Waals surface area contributed by atoms with Crippen LogP contribution in [0.3, 0.4) is 0 Å². The van der Waals surface area contributed by atoms with Gasteiger partial charge in [-0.3, -0.25) is 0 Å². The maximum absolute atomic E-state index is 12.0. The maximum atomic E-state index is 12.0. The molecule has 2 heterocycles. The Balaban J connectivity index is 1.60. The molecule has 0 bridgehead atoms. The van der Waals surface area contributed by atoms with Crippen molar-refractivity contribution in [3.05, 3.63) is 54.0 Å².